The first kappa shape index (κ1) is 29.4. The zero-order valence-corrected chi connectivity index (χ0v) is 25.4. The summed E-state index contributed by atoms with van der Waals surface area (Å²) in [5.41, 5.74) is 4.30. The van der Waals surface area contributed by atoms with E-state index in [1.807, 2.05) is 4.90 Å². The van der Waals surface area contributed by atoms with Crippen molar-refractivity contribution in [2.75, 3.05) is 40.3 Å². The first-order valence-corrected chi connectivity index (χ1v) is 15.9. The Hall–Kier alpha value is -3.14. The number of carbonyl (C=O) groups excluding carboxylic acids is 1. The summed E-state index contributed by atoms with van der Waals surface area (Å²) in [7, 11) is -0.704. The van der Waals surface area contributed by atoms with Crippen LogP contribution in [0.2, 0.25) is 0 Å². The summed E-state index contributed by atoms with van der Waals surface area (Å²) in [6.07, 6.45) is 6.03. The number of sulfonamides is 1. The molecule has 9 heteroatoms. The van der Waals surface area contributed by atoms with Crippen LogP contribution in [0.5, 0.6) is 5.75 Å². The lowest BCUT2D eigenvalue weighted by molar-refractivity contribution is 0.0706. The maximum Gasteiger partial charge on any atom is 0.257 e. The van der Waals surface area contributed by atoms with Gasteiger partial charge in [0.2, 0.25) is 10.0 Å². The van der Waals surface area contributed by atoms with E-state index in [0.717, 1.165) is 19.4 Å². The Labute approximate surface area is 243 Å². The summed E-state index contributed by atoms with van der Waals surface area (Å²) in [5.74, 6) is 1.26. The fourth-order valence-corrected chi connectivity index (χ4v) is 7.72. The molecule has 0 radical (unpaired) electrons. The standard InChI is InChI=1S/C32H41N3O5S/c1-23-16-29(39-4)17-24(2)31(23)41(37,38)33(3)21-30-18-28(22-40-30)32(36)35-15-7-8-27(20-35)26-11-9-25(10-12-26)19-34-13-5-6-14-34/h9-12,16-18,22,27H,5-8,13-15,19-21H2,1-4H3. The van der Waals surface area contributed by atoms with Gasteiger partial charge in [-0.15, -0.1) is 0 Å². The third-order valence-corrected chi connectivity index (χ3v) is 10.5. The van der Waals surface area contributed by atoms with Gasteiger partial charge in [0.1, 0.15) is 17.8 Å². The molecule has 3 aromatic rings. The number of rotatable bonds is 9. The Balaban J connectivity index is 1.22. The van der Waals surface area contributed by atoms with Crippen molar-refractivity contribution in [3.05, 3.63) is 82.3 Å². The molecule has 0 N–H and O–H groups in total. The van der Waals surface area contributed by atoms with Gasteiger partial charge in [-0.2, -0.15) is 4.31 Å². The van der Waals surface area contributed by atoms with E-state index in [1.54, 1.807) is 39.2 Å². The van der Waals surface area contributed by atoms with E-state index in [2.05, 4.69) is 29.2 Å². The van der Waals surface area contributed by atoms with Crippen LogP contribution in [0.25, 0.3) is 0 Å². The van der Waals surface area contributed by atoms with Crippen LogP contribution in [0.1, 0.15) is 70.0 Å². The van der Waals surface area contributed by atoms with Crippen molar-refractivity contribution in [3.63, 3.8) is 0 Å². The number of likely N-dealkylation sites (tertiary alicyclic amines) is 2. The molecule has 2 aromatic carbocycles. The SMILES string of the molecule is COc1cc(C)c(S(=O)(=O)N(C)Cc2cc(C(=O)N3CCCC(c4ccc(CN5CCCC5)cc4)C3)co2)c(C)c1. The second-order valence-corrected chi connectivity index (χ2v) is 13.4. The van der Waals surface area contributed by atoms with Crippen LogP contribution in [0.4, 0.5) is 0 Å². The molecule has 1 amide bonds. The number of nitrogens with zero attached hydrogens (tertiary/aromatic N) is 3. The van der Waals surface area contributed by atoms with Crippen LogP contribution in [-0.2, 0) is 23.1 Å². The number of amides is 1. The van der Waals surface area contributed by atoms with Crippen molar-refractivity contribution < 1.29 is 22.4 Å². The molecule has 1 aromatic heterocycles. The van der Waals surface area contributed by atoms with E-state index in [1.165, 1.54) is 54.7 Å². The Kier molecular flexibility index (Phi) is 8.87. The smallest absolute Gasteiger partial charge is 0.257 e. The molecule has 0 aliphatic carbocycles. The zero-order chi connectivity index (χ0) is 29.1. The molecule has 41 heavy (non-hydrogen) atoms. The number of methoxy groups -OCH3 is 1. The topological polar surface area (TPSA) is 83.3 Å². The first-order chi connectivity index (χ1) is 19.7. The largest absolute Gasteiger partial charge is 0.497 e. The minimum absolute atomic E-state index is 0.0208. The molecule has 2 aliphatic heterocycles. The van der Waals surface area contributed by atoms with E-state index in [0.29, 0.717) is 47.2 Å². The Bertz CT molecular complexity index is 1450. The highest BCUT2D eigenvalue weighted by Crippen LogP contribution is 2.30. The third kappa shape index (κ3) is 6.52. The molecule has 2 aliphatic rings. The van der Waals surface area contributed by atoms with Crippen LogP contribution in [0, 0.1) is 13.8 Å². The zero-order valence-electron chi connectivity index (χ0n) is 24.6. The van der Waals surface area contributed by atoms with E-state index in [-0.39, 0.29) is 17.3 Å². The normalized spacial score (nSPS) is 18.3. The van der Waals surface area contributed by atoms with Gasteiger partial charge in [-0.05, 0) is 93.1 Å². The number of furan rings is 1. The van der Waals surface area contributed by atoms with Crippen LogP contribution in [0.3, 0.4) is 0 Å². The number of aryl methyl sites for hydroxylation is 2. The molecular weight excluding hydrogens is 538 g/mol. The summed E-state index contributed by atoms with van der Waals surface area (Å²) in [6, 6.07) is 14.0. The van der Waals surface area contributed by atoms with Crippen molar-refractivity contribution in [2.24, 2.45) is 0 Å². The number of hydrogen-bond acceptors (Lipinski definition) is 6. The van der Waals surface area contributed by atoms with Gasteiger partial charge in [0, 0.05) is 32.6 Å². The molecule has 3 heterocycles. The van der Waals surface area contributed by atoms with Crippen molar-refractivity contribution in [1.29, 1.82) is 0 Å². The Morgan fingerprint density at radius 3 is 2.37 bits per heavy atom. The van der Waals surface area contributed by atoms with Crippen LogP contribution >= 0.6 is 0 Å². The van der Waals surface area contributed by atoms with Crippen molar-refractivity contribution in [3.8, 4) is 5.75 Å². The number of carbonyl (C=O) groups is 1. The predicted octanol–water partition coefficient (Wildman–Crippen LogP) is 5.34. The molecule has 1 atom stereocenters. The second kappa shape index (κ2) is 12.4. The molecular formula is C32H41N3O5S. The Morgan fingerprint density at radius 1 is 1.02 bits per heavy atom. The lowest BCUT2D eigenvalue weighted by atomic mass is 9.90. The molecule has 2 saturated heterocycles. The average Bonchev–Trinajstić information content (AvgIpc) is 3.65. The predicted molar refractivity (Wildman–Crippen MR) is 159 cm³/mol. The molecule has 5 rings (SSSR count). The molecule has 2 fully saturated rings. The van der Waals surface area contributed by atoms with E-state index < -0.39 is 10.0 Å². The fraction of sp³-hybridized carbons (Fsp3) is 0.469. The maximum atomic E-state index is 13.4. The summed E-state index contributed by atoms with van der Waals surface area (Å²) in [5, 5.41) is 0. The minimum atomic E-state index is -3.78. The summed E-state index contributed by atoms with van der Waals surface area (Å²) in [6.45, 7) is 8.28. The summed E-state index contributed by atoms with van der Waals surface area (Å²) >= 11 is 0. The number of hydrogen-bond donors (Lipinski definition) is 0. The average molecular weight is 580 g/mol. The number of benzene rings is 2. The van der Waals surface area contributed by atoms with Crippen LogP contribution in [0.15, 0.2) is 58.0 Å². The monoisotopic (exact) mass is 579 g/mol. The van der Waals surface area contributed by atoms with E-state index in [9.17, 15) is 13.2 Å². The highest BCUT2D eigenvalue weighted by Gasteiger charge is 2.29. The number of piperidine rings is 1. The minimum Gasteiger partial charge on any atom is -0.497 e. The van der Waals surface area contributed by atoms with Crippen molar-refractivity contribution in [2.45, 2.75) is 63.4 Å². The lowest BCUT2D eigenvalue weighted by Crippen LogP contribution is -2.39. The van der Waals surface area contributed by atoms with Gasteiger partial charge in [-0.1, -0.05) is 24.3 Å². The molecule has 0 saturated carbocycles. The lowest BCUT2D eigenvalue weighted by Gasteiger charge is -2.33. The van der Waals surface area contributed by atoms with Gasteiger partial charge in [0.15, 0.2) is 0 Å². The van der Waals surface area contributed by atoms with E-state index in [4.69, 9.17) is 9.15 Å². The van der Waals surface area contributed by atoms with Gasteiger partial charge in [-0.3, -0.25) is 9.69 Å². The van der Waals surface area contributed by atoms with Gasteiger partial charge < -0.3 is 14.1 Å². The highest BCUT2D eigenvalue weighted by molar-refractivity contribution is 7.89. The first-order valence-electron chi connectivity index (χ1n) is 14.4. The number of ether oxygens (including phenoxy) is 1. The van der Waals surface area contributed by atoms with E-state index >= 15 is 0 Å². The molecule has 8 nitrogen and oxygen atoms in total. The Morgan fingerprint density at radius 2 is 1.71 bits per heavy atom. The van der Waals surface area contributed by atoms with Gasteiger partial charge in [0.05, 0.1) is 24.1 Å². The van der Waals surface area contributed by atoms with Crippen molar-refractivity contribution >= 4 is 15.9 Å². The van der Waals surface area contributed by atoms with Gasteiger partial charge in [0.25, 0.3) is 5.91 Å². The summed E-state index contributed by atoms with van der Waals surface area (Å²) < 4.78 is 39.0. The molecule has 220 valence electrons. The fourth-order valence-electron chi connectivity index (χ4n) is 6.18. The van der Waals surface area contributed by atoms with Gasteiger partial charge in [-0.25, -0.2) is 8.42 Å². The van der Waals surface area contributed by atoms with Gasteiger partial charge >= 0.3 is 0 Å². The van der Waals surface area contributed by atoms with Crippen LogP contribution < -0.4 is 4.74 Å². The quantitative estimate of drug-likeness (QED) is 0.340. The molecule has 0 bridgehead atoms. The third-order valence-electron chi connectivity index (χ3n) is 8.38. The molecule has 1 unspecified atom stereocenters. The molecule has 0 spiro atoms. The highest BCUT2D eigenvalue weighted by atomic mass is 32.2. The van der Waals surface area contributed by atoms with Crippen LogP contribution in [-0.4, -0.2) is 68.8 Å². The maximum absolute atomic E-state index is 13.4. The second-order valence-electron chi connectivity index (χ2n) is 11.5. The summed E-state index contributed by atoms with van der Waals surface area (Å²) in [4.78, 5) is 18.1. The van der Waals surface area contributed by atoms with Crippen molar-refractivity contribution in [1.82, 2.24) is 14.1 Å².